The third-order valence-corrected chi connectivity index (χ3v) is 4.30. The summed E-state index contributed by atoms with van der Waals surface area (Å²) in [7, 11) is 2.18. The van der Waals surface area contributed by atoms with Crippen LogP contribution in [-0.2, 0) is 6.42 Å². The molecule has 1 aliphatic carbocycles. The van der Waals surface area contributed by atoms with Crippen LogP contribution in [0.5, 0.6) is 0 Å². The lowest BCUT2D eigenvalue weighted by Gasteiger charge is -2.38. The number of aromatic nitrogens is 1. The second kappa shape index (κ2) is 3.46. The molecule has 0 fully saturated rings. The predicted molar refractivity (Wildman–Crippen MR) is 74.4 cm³/mol. The van der Waals surface area contributed by atoms with Crippen LogP contribution < -0.4 is 5.73 Å². The molecule has 2 aliphatic rings. The summed E-state index contributed by atoms with van der Waals surface area (Å²) in [6.45, 7) is 0.948. The number of aromatic amines is 1. The Morgan fingerprint density at radius 2 is 2.28 bits per heavy atom. The number of nitrogens with zero attached hydrogens (tertiary/aromatic N) is 1. The summed E-state index contributed by atoms with van der Waals surface area (Å²) in [6, 6.07) is 7.14. The fourth-order valence-corrected chi connectivity index (χ4v) is 3.49. The van der Waals surface area contributed by atoms with Gasteiger partial charge in [-0.2, -0.15) is 0 Å². The number of H-pyrrole nitrogens is 1. The minimum absolute atomic E-state index is 0.150. The predicted octanol–water partition coefficient (Wildman–Crippen LogP) is 1.75. The van der Waals surface area contributed by atoms with Gasteiger partial charge in [-0.15, -0.1) is 0 Å². The molecule has 0 saturated carbocycles. The van der Waals surface area contributed by atoms with Crippen LogP contribution >= 0.6 is 0 Å². The third-order valence-electron chi connectivity index (χ3n) is 4.30. The molecular formula is C15H17N3. The van der Waals surface area contributed by atoms with Gasteiger partial charge in [-0.1, -0.05) is 18.2 Å². The second-order valence-corrected chi connectivity index (χ2v) is 5.49. The Bertz CT molecular complexity index is 653. The van der Waals surface area contributed by atoms with E-state index in [0.29, 0.717) is 6.04 Å². The van der Waals surface area contributed by atoms with E-state index in [4.69, 9.17) is 5.73 Å². The van der Waals surface area contributed by atoms with Crippen molar-refractivity contribution in [2.24, 2.45) is 5.73 Å². The maximum Gasteiger partial charge on any atom is 0.0462 e. The zero-order chi connectivity index (χ0) is 12.3. The molecule has 0 unspecified atom stereocenters. The fraction of sp³-hybridized carbons (Fsp3) is 0.333. The van der Waals surface area contributed by atoms with Crippen LogP contribution in [0.4, 0.5) is 0 Å². The molecule has 3 N–H and O–H groups in total. The normalized spacial score (nSPS) is 27.1. The van der Waals surface area contributed by atoms with Gasteiger partial charge in [0.2, 0.25) is 0 Å². The number of nitrogens with one attached hydrogen (secondary N) is 1. The maximum absolute atomic E-state index is 6.13. The van der Waals surface area contributed by atoms with Gasteiger partial charge in [0.05, 0.1) is 0 Å². The topological polar surface area (TPSA) is 45.0 Å². The average Bonchev–Trinajstić information content (AvgIpc) is 2.76. The highest BCUT2D eigenvalue weighted by molar-refractivity contribution is 5.98. The molecule has 2 heterocycles. The lowest BCUT2D eigenvalue weighted by molar-refractivity contribution is 0.268. The summed E-state index contributed by atoms with van der Waals surface area (Å²) < 4.78 is 0. The Kier molecular flexibility index (Phi) is 1.99. The Balaban J connectivity index is 2.02. The SMILES string of the molecule is CN1C[C@H](N)C=C2c3cccc4[nH]cc(c34)C[C@H]21. The van der Waals surface area contributed by atoms with Crippen molar-refractivity contribution in [1.29, 1.82) is 0 Å². The van der Waals surface area contributed by atoms with Gasteiger partial charge >= 0.3 is 0 Å². The van der Waals surface area contributed by atoms with Crippen LogP contribution in [0.2, 0.25) is 0 Å². The number of benzene rings is 1. The van der Waals surface area contributed by atoms with Crippen molar-refractivity contribution in [1.82, 2.24) is 9.88 Å². The van der Waals surface area contributed by atoms with Crippen LogP contribution in [0.3, 0.4) is 0 Å². The van der Waals surface area contributed by atoms with Gasteiger partial charge in [0.25, 0.3) is 0 Å². The van der Waals surface area contributed by atoms with Crippen LogP contribution in [0.25, 0.3) is 16.5 Å². The molecule has 1 aromatic carbocycles. The zero-order valence-electron chi connectivity index (χ0n) is 10.5. The largest absolute Gasteiger partial charge is 0.361 e. The van der Waals surface area contributed by atoms with Gasteiger partial charge in [0, 0.05) is 35.7 Å². The Labute approximate surface area is 106 Å². The maximum atomic E-state index is 6.13. The molecule has 2 atom stereocenters. The van der Waals surface area contributed by atoms with E-state index < -0.39 is 0 Å². The monoisotopic (exact) mass is 239 g/mol. The van der Waals surface area contributed by atoms with E-state index >= 15 is 0 Å². The summed E-state index contributed by atoms with van der Waals surface area (Å²) in [5, 5.41) is 1.39. The van der Waals surface area contributed by atoms with Gasteiger partial charge < -0.3 is 10.7 Å². The molecule has 0 radical (unpaired) electrons. The number of nitrogens with two attached hydrogens (primary N) is 1. The number of likely N-dealkylation sites (N-methyl/N-ethyl adjacent to an activating group) is 1. The number of fused-ring (bicyclic) bond motifs is 2. The summed E-state index contributed by atoms with van der Waals surface area (Å²) in [4.78, 5) is 5.76. The van der Waals surface area contributed by atoms with Gasteiger partial charge in [-0.25, -0.2) is 0 Å². The highest BCUT2D eigenvalue weighted by Gasteiger charge is 2.32. The van der Waals surface area contributed by atoms with E-state index in [1.165, 1.54) is 27.6 Å². The second-order valence-electron chi connectivity index (χ2n) is 5.49. The van der Waals surface area contributed by atoms with Gasteiger partial charge in [0.1, 0.15) is 0 Å². The molecule has 2 aromatic rings. The van der Waals surface area contributed by atoms with E-state index in [1.54, 1.807) is 0 Å². The number of rotatable bonds is 0. The van der Waals surface area contributed by atoms with E-state index in [2.05, 4.69) is 47.4 Å². The zero-order valence-corrected chi connectivity index (χ0v) is 10.5. The molecule has 1 aliphatic heterocycles. The van der Waals surface area contributed by atoms with Crippen molar-refractivity contribution in [3.63, 3.8) is 0 Å². The molecule has 18 heavy (non-hydrogen) atoms. The minimum atomic E-state index is 0.150. The highest BCUT2D eigenvalue weighted by atomic mass is 15.1. The van der Waals surface area contributed by atoms with Crippen LogP contribution in [0.15, 0.2) is 30.5 Å². The first-order valence-corrected chi connectivity index (χ1v) is 6.51. The molecule has 0 saturated heterocycles. The smallest absolute Gasteiger partial charge is 0.0462 e. The van der Waals surface area contributed by atoms with Crippen LogP contribution in [-0.4, -0.2) is 35.6 Å². The molecule has 4 rings (SSSR count). The van der Waals surface area contributed by atoms with Crippen molar-refractivity contribution >= 4 is 16.5 Å². The molecular weight excluding hydrogens is 222 g/mol. The average molecular weight is 239 g/mol. The third kappa shape index (κ3) is 1.26. The van der Waals surface area contributed by atoms with Crippen molar-refractivity contribution < 1.29 is 0 Å². The molecule has 0 amide bonds. The minimum Gasteiger partial charge on any atom is -0.361 e. The van der Waals surface area contributed by atoms with Gasteiger partial charge in [-0.05, 0) is 36.2 Å². The van der Waals surface area contributed by atoms with E-state index in [0.717, 1.165) is 13.0 Å². The van der Waals surface area contributed by atoms with E-state index in [-0.39, 0.29) is 6.04 Å². The summed E-state index contributed by atoms with van der Waals surface area (Å²) in [5.41, 5.74) is 11.6. The molecule has 92 valence electrons. The first kappa shape index (κ1) is 10.4. The van der Waals surface area contributed by atoms with Crippen molar-refractivity contribution in [3.05, 3.63) is 41.6 Å². The first-order chi connectivity index (χ1) is 8.74. The van der Waals surface area contributed by atoms with Crippen molar-refractivity contribution in [3.8, 4) is 0 Å². The summed E-state index contributed by atoms with van der Waals surface area (Å²) in [5.74, 6) is 0. The Morgan fingerprint density at radius 1 is 1.39 bits per heavy atom. The summed E-state index contributed by atoms with van der Waals surface area (Å²) >= 11 is 0. The fourth-order valence-electron chi connectivity index (χ4n) is 3.49. The van der Waals surface area contributed by atoms with Gasteiger partial charge in [0.15, 0.2) is 0 Å². The molecule has 0 spiro atoms. The Morgan fingerprint density at radius 3 is 3.17 bits per heavy atom. The summed E-state index contributed by atoms with van der Waals surface area (Å²) in [6.07, 6.45) is 5.51. The highest BCUT2D eigenvalue weighted by Crippen LogP contribution is 2.39. The van der Waals surface area contributed by atoms with Gasteiger partial charge in [-0.3, -0.25) is 4.90 Å². The van der Waals surface area contributed by atoms with Crippen molar-refractivity contribution in [2.75, 3.05) is 13.6 Å². The molecule has 0 bridgehead atoms. The van der Waals surface area contributed by atoms with Crippen LogP contribution in [0, 0.1) is 0 Å². The Hall–Kier alpha value is -1.58. The molecule has 3 heteroatoms. The standard InChI is InChI=1S/C15H17N3/c1-18-8-10(16)6-12-11-3-2-4-13-15(11)9(7-17-13)5-14(12)18/h2-4,6-7,10,14,17H,5,8,16H2,1H3/t10-,14-/m1/s1. The molecule has 1 aromatic heterocycles. The number of hydrogen-bond donors (Lipinski definition) is 2. The molecule has 3 nitrogen and oxygen atoms in total. The number of hydrogen-bond acceptors (Lipinski definition) is 2. The quantitative estimate of drug-likeness (QED) is 0.735. The lowest BCUT2D eigenvalue weighted by Crippen LogP contribution is -2.46. The van der Waals surface area contributed by atoms with E-state index in [9.17, 15) is 0 Å². The van der Waals surface area contributed by atoms with Crippen LogP contribution in [0.1, 0.15) is 11.1 Å². The lowest BCUT2D eigenvalue weighted by atomic mass is 9.81. The van der Waals surface area contributed by atoms with E-state index in [1.807, 2.05) is 0 Å². The van der Waals surface area contributed by atoms with Crippen molar-refractivity contribution in [2.45, 2.75) is 18.5 Å². The first-order valence-electron chi connectivity index (χ1n) is 6.51.